The zero-order valence-corrected chi connectivity index (χ0v) is 11.5. The highest BCUT2D eigenvalue weighted by Gasteiger charge is 2.34. The second-order valence-corrected chi connectivity index (χ2v) is 6.28. The first-order chi connectivity index (χ1) is 7.36. The molecule has 0 aromatic carbocycles. The Morgan fingerprint density at radius 3 is 2.44 bits per heavy atom. The molecule has 0 aromatic rings. The predicted octanol–water partition coefficient (Wildman–Crippen LogP) is 3.32. The Bertz CT molecular complexity index is 242. The lowest BCUT2D eigenvalue weighted by Crippen LogP contribution is -2.37. The van der Waals surface area contributed by atoms with Gasteiger partial charge in [0, 0.05) is 19.5 Å². The van der Waals surface area contributed by atoms with E-state index >= 15 is 0 Å². The van der Waals surface area contributed by atoms with Gasteiger partial charge in [0.2, 0.25) is 5.91 Å². The van der Waals surface area contributed by atoms with Gasteiger partial charge in [-0.2, -0.15) is 0 Å². The Kier molecular flexibility index (Phi) is 4.40. The van der Waals surface area contributed by atoms with Gasteiger partial charge in [-0.25, -0.2) is 0 Å². The van der Waals surface area contributed by atoms with Crippen LogP contribution in [0.5, 0.6) is 0 Å². The van der Waals surface area contributed by atoms with Gasteiger partial charge >= 0.3 is 0 Å². The number of hydrogen-bond acceptors (Lipinski definition) is 1. The summed E-state index contributed by atoms with van der Waals surface area (Å²) in [6.45, 7) is 9.77. The molecule has 1 amide bonds. The van der Waals surface area contributed by atoms with E-state index in [4.69, 9.17) is 0 Å². The van der Waals surface area contributed by atoms with E-state index in [0.717, 1.165) is 19.4 Å². The molecule has 0 radical (unpaired) electrons. The zero-order valence-electron chi connectivity index (χ0n) is 11.5. The van der Waals surface area contributed by atoms with Gasteiger partial charge in [-0.15, -0.1) is 0 Å². The van der Waals surface area contributed by atoms with Crippen molar-refractivity contribution in [2.45, 2.75) is 53.4 Å². The molecular weight excluding hydrogens is 198 g/mol. The highest BCUT2D eigenvalue weighted by atomic mass is 16.2. The summed E-state index contributed by atoms with van der Waals surface area (Å²) >= 11 is 0. The molecule has 1 fully saturated rings. The Balaban J connectivity index is 2.60. The van der Waals surface area contributed by atoms with Crippen LogP contribution in [0.25, 0.3) is 0 Å². The first-order valence-electron chi connectivity index (χ1n) is 6.61. The Morgan fingerprint density at radius 1 is 1.31 bits per heavy atom. The van der Waals surface area contributed by atoms with Crippen LogP contribution in [0.4, 0.5) is 0 Å². The molecule has 0 bridgehead atoms. The van der Waals surface area contributed by atoms with Crippen molar-refractivity contribution in [3.05, 3.63) is 0 Å². The molecule has 94 valence electrons. The summed E-state index contributed by atoms with van der Waals surface area (Å²) in [4.78, 5) is 14.0. The van der Waals surface area contributed by atoms with Crippen molar-refractivity contribution >= 4 is 5.91 Å². The molecule has 2 nitrogen and oxygen atoms in total. The number of amides is 1. The van der Waals surface area contributed by atoms with Crippen LogP contribution in [0.2, 0.25) is 0 Å². The molecule has 16 heavy (non-hydrogen) atoms. The van der Waals surface area contributed by atoms with Crippen molar-refractivity contribution in [3.8, 4) is 0 Å². The van der Waals surface area contributed by atoms with Crippen LogP contribution >= 0.6 is 0 Å². The van der Waals surface area contributed by atoms with Gasteiger partial charge in [0.25, 0.3) is 0 Å². The van der Waals surface area contributed by atoms with Crippen LogP contribution in [0.15, 0.2) is 0 Å². The van der Waals surface area contributed by atoms with E-state index in [-0.39, 0.29) is 5.92 Å². The molecule has 1 rings (SSSR count). The summed E-state index contributed by atoms with van der Waals surface area (Å²) < 4.78 is 0. The van der Waals surface area contributed by atoms with Crippen LogP contribution in [-0.4, -0.2) is 24.4 Å². The Labute approximate surface area is 100 Å². The van der Waals surface area contributed by atoms with Crippen LogP contribution in [0.1, 0.15) is 53.4 Å². The molecule has 0 aromatic heterocycles. The third-order valence-corrected chi connectivity index (χ3v) is 4.10. The second kappa shape index (κ2) is 5.20. The van der Waals surface area contributed by atoms with Crippen molar-refractivity contribution in [3.63, 3.8) is 0 Å². The SMILES string of the molecule is CCN(C)C(=O)C1CCCC(C(C)(C)C)C1. The lowest BCUT2D eigenvalue weighted by atomic mass is 9.69. The summed E-state index contributed by atoms with van der Waals surface area (Å²) in [5.74, 6) is 1.35. The van der Waals surface area contributed by atoms with Gasteiger partial charge in [0.15, 0.2) is 0 Å². The van der Waals surface area contributed by atoms with Gasteiger partial charge in [0.05, 0.1) is 0 Å². The van der Waals surface area contributed by atoms with E-state index in [2.05, 4.69) is 20.8 Å². The van der Waals surface area contributed by atoms with Crippen LogP contribution in [0.3, 0.4) is 0 Å². The molecule has 1 aliphatic carbocycles. The van der Waals surface area contributed by atoms with Gasteiger partial charge in [-0.05, 0) is 37.5 Å². The van der Waals surface area contributed by atoms with Gasteiger partial charge < -0.3 is 4.90 Å². The molecule has 1 aliphatic rings. The Hall–Kier alpha value is -0.530. The maximum Gasteiger partial charge on any atom is 0.225 e. The quantitative estimate of drug-likeness (QED) is 0.706. The molecule has 0 aliphatic heterocycles. The largest absolute Gasteiger partial charge is 0.346 e. The maximum absolute atomic E-state index is 12.1. The number of carbonyl (C=O) groups is 1. The second-order valence-electron chi connectivity index (χ2n) is 6.28. The summed E-state index contributed by atoms with van der Waals surface area (Å²) in [7, 11) is 1.92. The minimum atomic E-state index is 0.280. The highest BCUT2D eigenvalue weighted by Crippen LogP contribution is 2.40. The average molecular weight is 225 g/mol. The highest BCUT2D eigenvalue weighted by molar-refractivity contribution is 5.78. The van der Waals surface area contributed by atoms with Crippen LogP contribution in [0, 0.1) is 17.3 Å². The first-order valence-corrected chi connectivity index (χ1v) is 6.61. The summed E-state index contributed by atoms with van der Waals surface area (Å²) in [5, 5.41) is 0. The van der Waals surface area contributed by atoms with Crippen LogP contribution in [-0.2, 0) is 4.79 Å². The molecule has 2 atom stereocenters. The molecule has 0 N–H and O–H groups in total. The third-order valence-electron chi connectivity index (χ3n) is 4.10. The minimum absolute atomic E-state index is 0.280. The summed E-state index contributed by atoms with van der Waals surface area (Å²) in [6.07, 6.45) is 4.70. The molecule has 0 spiro atoms. The summed E-state index contributed by atoms with van der Waals surface area (Å²) in [5.41, 5.74) is 0.351. The lowest BCUT2D eigenvalue weighted by molar-refractivity contribution is -0.136. The van der Waals surface area contributed by atoms with E-state index in [1.807, 2.05) is 18.9 Å². The van der Waals surface area contributed by atoms with Crippen molar-refractivity contribution in [1.29, 1.82) is 0 Å². The standard InChI is InChI=1S/C14H27NO/c1-6-15(5)13(16)11-8-7-9-12(10-11)14(2,3)4/h11-12H,6-10H2,1-5H3. The fourth-order valence-corrected chi connectivity index (χ4v) is 2.67. The van der Waals surface area contributed by atoms with Crippen molar-refractivity contribution in [2.24, 2.45) is 17.3 Å². The summed E-state index contributed by atoms with van der Waals surface area (Å²) in [6, 6.07) is 0. The van der Waals surface area contributed by atoms with E-state index in [1.165, 1.54) is 12.8 Å². The average Bonchev–Trinajstić information content (AvgIpc) is 2.26. The topological polar surface area (TPSA) is 20.3 Å². The fraction of sp³-hybridized carbons (Fsp3) is 0.929. The fourth-order valence-electron chi connectivity index (χ4n) is 2.67. The molecule has 0 heterocycles. The minimum Gasteiger partial charge on any atom is -0.346 e. The lowest BCUT2D eigenvalue weighted by Gasteiger charge is -2.38. The van der Waals surface area contributed by atoms with E-state index in [0.29, 0.717) is 17.2 Å². The molecule has 0 saturated heterocycles. The van der Waals surface area contributed by atoms with Crippen molar-refractivity contribution in [2.75, 3.05) is 13.6 Å². The molecule has 1 saturated carbocycles. The number of carbonyl (C=O) groups excluding carboxylic acids is 1. The maximum atomic E-state index is 12.1. The Morgan fingerprint density at radius 2 is 1.94 bits per heavy atom. The van der Waals surface area contributed by atoms with Gasteiger partial charge in [-0.3, -0.25) is 4.79 Å². The number of rotatable bonds is 2. The number of nitrogens with zero attached hydrogens (tertiary/aromatic N) is 1. The first kappa shape index (κ1) is 13.5. The zero-order chi connectivity index (χ0) is 12.3. The van der Waals surface area contributed by atoms with Crippen LogP contribution < -0.4 is 0 Å². The van der Waals surface area contributed by atoms with Crippen molar-refractivity contribution in [1.82, 2.24) is 4.90 Å². The number of hydrogen-bond donors (Lipinski definition) is 0. The monoisotopic (exact) mass is 225 g/mol. The molecule has 2 unspecified atom stereocenters. The van der Waals surface area contributed by atoms with Gasteiger partial charge in [0.1, 0.15) is 0 Å². The van der Waals surface area contributed by atoms with E-state index in [1.54, 1.807) is 0 Å². The smallest absolute Gasteiger partial charge is 0.225 e. The normalized spacial score (nSPS) is 26.6. The van der Waals surface area contributed by atoms with E-state index in [9.17, 15) is 4.79 Å². The molecule has 2 heteroatoms. The van der Waals surface area contributed by atoms with Gasteiger partial charge in [-0.1, -0.05) is 27.2 Å². The van der Waals surface area contributed by atoms with E-state index < -0.39 is 0 Å². The van der Waals surface area contributed by atoms with Crippen molar-refractivity contribution < 1.29 is 4.79 Å². The predicted molar refractivity (Wildman–Crippen MR) is 68.2 cm³/mol. The molecular formula is C14H27NO. The third kappa shape index (κ3) is 3.23.